The minimum atomic E-state index is -0.155. The Hall–Kier alpha value is -1.40. The van der Waals surface area contributed by atoms with Crippen molar-refractivity contribution < 1.29 is 5.11 Å². The lowest BCUT2D eigenvalue weighted by molar-refractivity contribution is 0.126. The van der Waals surface area contributed by atoms with Crippen molar-refractivity contribution in [2.75, 3.05) is 10.3 Å². The molecule has 3 heterocycles. The van der Waals surface area contributed by atoms with E-state index in [0.29, 0.717) is 17.9 Å². The van der Waals surface area contributed by atoms with E-state index >= 15 is 0 Å². The predicted octanol–water partition coefficient (Wildman–Crippen LogP) is 0.254. The molecule has 92 valence electrons. The fourth-order valence-electron chi connectivity index (χ4n) is 3.09. The van der Waals surface area contributed by atoms with Crippen LogP contribution >= 0.6 is 0 Å². The van der Waals surface area contributed by atoms with Crippen LogP contribution in [0.1, 0.15) is 25.7 Å². The highest BCUT2D eigenvalue weighted by atomic mass is 16.3. The van der Waals surface area contributed by atoms with Gasteiger partial charge in [-0.1, -0.05) is 0 Å². The van der Waals surface area contributed by atoms with Crippen molar-refractivity contribution in [2.24, 2.45) is 5.84 Å². The van der Waals surface area contributed by atoms with E-state index in [9.17, 15) is 5.11 Å². The molecule has 2 aliphatic rings. The average molecular weight is 235 g/mol. The Morgan fingerprint density at radius 1 is 1.29 bits per heavy atom. The molecule has 1 aromatic rings. The Balaban J connectivity index is 1.89. The molecule has 2 fully saturated rings. The van der Waals surface area contributed by atoms with E-state index in [1.807, 2.05) is 6.07 Å². The van der Waals surface area contributed by atoms with Crippen LogP contribution in [0.2, 0.25) is 0 Å². The summed E-state index contributed by atoms with van der Waals surface area (Å²) in [4.78, 5) is 10.6. The molecule has 2 bridgehead atoms. The number of hydrazine groups is 1. The smallest absolute Gasteiger partial charge is 0.145 e. The Morgan fingerprint density at radius 2 is 2.00 bits per heavy atom. The third kappa shape index (κ3) is 1.83. The molecule has 3 rings (SSSR count). The van der Waals surface area contributed by atoms with Gasteiger partial charge in [-0.05, 0) is 25.7 Å². The molecule has 6 nitrogen and oxygen atoms in total. The number of hydrogen-bond acceptors (Lipinski definition) is 6. The summed E-state index contributed by atoms with van der Waals surface area (Å²) in [6.07, 6.45) is 5.32. The molecule has 0 spiro atoms. The topological polar surface area (TPSA) is 87.3 Å². The summed E-state index contributed by atoms with van der Waals surface area (Å²) >= 11 is 0. The van der Waals surface area contributed by atoms with Gasteiger partial charge in [-0.2, -0.15) is 0 Å². The van der Waals surface area contributed by atoms with Gasteiger partial charge < -0.3 is 15.4 Å². The van der Waals surface area contributed by atoms with Crippen LogP contribution < -0.4 is 16.2 Å². The van der Waals surface area contributed by atoms with Gasteiger partial charge in [0.2, 0.25) is 0 Å². The van der Waals surface area contributed by atoms with E-state index in [0.717, 1.165) is 31.5 Å². The van der Waals surface area contributed by atoms with Crippen molar-refractivity contribution in [1.29, 1.82) is 0 Å². The standard InChI is InChI=1S/C11H17N5O/c12-15-10-5-11(14-6-13-10)16-7-1-2-8(16)4-9(17)3-7/h5-9,17H,1-4,12H2,(H,13,14,15). The highest BCUT2D eigenvalue weighted by Gasteiger charge is 2.40. The Kier molecular flexibility index (Phi) is 2.60. The van der Waals surface area contributed by atoms with Gasteiger partial charge >= 0.3 is 0 Å². The van der Waals surface area contributed by atoms with Crippen LogP contribution in [-0.2, 0) is 0 Å². The molecule has 6 heteroatoms. The van der Waals surface area contributed by atoms with Crippen molar-refractivity contribution in [2.45, 2.75) is 43.9 Å². The second-order valence-electron chi connectivity index (χ2n) is 4.82. The number of piperidine rings is 1. The van der Waals surface area contributed by atoms with Gasteiger partial charge in [-0.3, -0.25) is 0 Å². The van der Waals surface area contributed by atoms with Gasteiger partial charge in [0.1, 0.15) is 18.0 Å². The summed E-state index contributed by atoms with van der Waals surface area (Å²) in [5, 5.41) is 9.76. The molecule has 17 heavy (non-hydrogen) atoms. The van der Waals surface area contributed by atoms with Crippen LogP contribution in [0.3, 0.4) is 0 Å². The van der Waals surface area contributed by atoms with Gasteiger partial charge in [0.05, 0.1) is 6.10 Å². The molecule has 2 atom stereocenters. The molecule has 0 aromatic carbocycles. The number of nitrogens with one attached hydrogen (secondary N) is 1. The van der Waals surface area contributed by atoms with Gasteiger partial charge in [0, 0.05) is 18.2 Å². The number of fused-ring (bicyclic) bond motifs is 2. The maximum Gasteiger partial charge on any atom is 0.145 e. The van der Waals surface area contributed by atoms with Crippen LogP contribution in [0.5, 0.6) is 0 Å². The van der Waals surface area contributed by atoms with E-state index in [1.54, 1.807) is 0 Å². The number of nitrogens with zero attached hydrogens (tertiary/aromatic N) is 3. The fourth-order valence-corrected chi connectivity index (χ4v) is 3.09. The third-order valence-corrected chi connectivity index (χ3v) is 3.77. The molecule has 4 N–H and O–H groups in total. The number of nitrogen functional groups attached to an aromatic ring is 1. The molecule has 1 aromatic heterocycles. The maximum absolute atomic E-state index is 9.76. The minimum absolute atomic E-state index is 0.155. The lowest BCUT2D eigenvalue weighted by atomic mass is 10.00. The van der Waals surface area contributed by atoms with Crippen LogP contribution in [0.4, 0.5) is 11.6 Å². The lowest BCUT2D eigenvalue weighted by Gasteiger charge is -2.38. The molecule has 2 aliphatic heterocycles. The first kappa shape index (κ1) is 10.7. The van der Waals surface area contributed by atoms with Crippen LogP contribution in [0.25, 0.3) is 0 Å². The molecule has 2 unspecified atom stereocenters. The number of nitrogens with two attached hydrogens (primary N) is 1. The second kappa shape index (κ2) is 4.12. The first-order chi connectivity index (χ1) is 8.28. The van der Waals surface area contributed by atoms with Crippen molar-refractivity contribution in [3.8, 4) is 0 Å². The summed E-state index contributed by atoms with van der Waals surface area (Å²) in [6, 6.07) is 2.68. The first-order valence-corrected chi connectivity index (χ1v) is 6.03. The summed E-state index contributed by atoms with van der Waals surface area (Å²) in [5.74, 6) is 6.89. The Labute approximate surface area is 99.8 Å². The predicted molar refractivity (Wildman–Crippen MR) is 64.4 cm³/mol. The van der Waals surface area contributed by atoms with Gasteiger partial charge in [0.25, 0.3) is 0 Å². The molecule has 2 saturated heterocycles. The van der Waals surface area contributed by atoms with Crippen molar-refractivity contribution in [3.63, 3.8) is 0 Å². The van der Waals surface area contributed by atoms with E-state index in [2.05, 4.69) is 20.3 Å². The maximum atomic E-state index is 9.76. The average Bonchev–Trinajstić information content (AvgIpc) is 2.62. The SMILES string of the molecule is NNc1cc(N2C3CCC2CC(O)C3)ncn1. The quantitative estimate of drug-likeness (QED) is 0.503. The number of aromatic nitrogens is 2. The molecule has 0 amide bonds. The van der Waals surface area contributed by atoms with E-state index in [-0.39, 0.29) is 6.10 Å². The van der Waals surface area contributed by atoms with Gasteiger partial charge in [0.15, 0.2) is 0 Å². The number of anilines is 2. The number of aliphatic hydroxyl groups is 1. The number of hydrogen-bond donors (Lipinski definition) is 3. The van der Waals surface area contributed by atoms with Crippen LogP contribution in [0, 0.1) is 0 Å². The van der Waals surface area contributed by atoms with E-state index in [4.69, 9.17) is 5.84 Å². The van der Waals surface area contributed by atoms with Crippen molar-refractivity contribution in [3.05, 3.63) is 12.4 Å². The van der Waals surface area contributed by atoms with E-state index in [1.165, 1.54) is 6.33 Å². The van der Waals surface area contributed by atoms with Gasteiger partial charge in [-0.25, -0.2) is 15.8 Å². The number of rotatable bonds is 2. The minimum Gasteiger partial charge on any atom is -0.393 e. The monoisotopic (exact) mass is 235 g/mol. The van der Waals surface area contributed by atoms with Crippen LogP contribution in [0.15, 0.2) is 12.4 Å². The normalized spacial score (nSPS) is 31.6. The summed E-state index contributed by atoms with van der Waals surface area (Å²) in [7, 11) is 0. The number of aliphatic hydroxyl groups excluding tert-OH is 1. The fraction of sp³-hybridized carbons (Fsp3) is 0.636. The lowest BCUT2D eigenvalue weighted by Crippen LogP contribution is -2.45. The third-order valence-electron chi connectivity index (χ3n) is 3.77. The largest absolute Gasteiger partial charge is 0.393 e. The summed E-state index contributed by atoms with van der Waals surface area (Å²) in [5.41, 5.74) is 2.54. The van der Waals surface area contributed by atoms with Crippen molar-refractivity contribution >= 4 is 11.6 Å². The molecule has 0 aliphatic carbocycles. The van der Waals surface area contributed by atoms with Crippen molar-refractivity contribution in [1.82, 2.24) is 9.97 Å². The summed E-state index contributed by atoms with van der Waals surface area (Å²) < 4.78 is 0. The Bertz CT molecular complexity index is 399. The summed E-state index contributed by atoms with van der Waals surface area (Å²) in [6.45, 7) is 0. The first-order valence-electron chi connectivity index (χ1n) is 6.03. The highest BCUT2D eigenvalue weighted by molar-refractivity contribution is 5.50. The highest BCUT2D eigenvalue weighted by Crippen LogP contribution is 2.38. The zero-order valence-electron chi connectivity index (χ0n) is 9.58. The van der Waals surface area contributed by atoms with E-state index < -0.39 is 0 Å². The second-order valence-corrected chi connectivity index (χ2v) is 4.82. The molecule has 0 radical (unpaired) electrons. The van der Waals surface area contributed by atoms with Crippen LogP contribution in [-0.4, -0.2) is 33.3 Å². The zero-order valence-corrected chi connectivity index (χ0v) is 9.58. The molecular formula is C11H17N5O. The molecule has 0 saturated carbocycles. The zero-order chi connectivity index (χ0) is 11.8. The van der Waals surface area contributed by atoms with Gasteiger partial charge in [-0.15, -0.1) is 0 Å². The molecular weight excluding hydrogens is 218 g/mol. The Morgan fingerprint density at radius 3 is 2.65 bits per heavy atom.